The van der Waals surface area contributed by atoms with Gasteiger partial charge in [-0.25, -0.2) is 4.98 Å². The average Bonchev–Trinajstić information content (AvgIpc) is 2.74. The van der Waals surface area contributed by atoms with E-state index in [4.69, 9.17) is 0 Å². The minimum absolute atomic E-state index is 0.0414. The molecule has 0 aliphatic rings. The molecule has 1 aromatic carbocycles. The molecule has 0 spiro atoms. The summed E-state index contributed by atoms with van der Waals surface area (Å²) in [4.78, 5) is 4.48. The lowest BCUT2D eigenvalue weighted by molar-refractivity contribution is -0.0512. The van der Waals surface area contributed by atoms with E-state index >= 15 is 0 Å². The zero-order valence-electron chi connectivity index (χ0n) is 8.89. The van der Waals surface area contributed by atoms with Crippen molar-refractivity contribution in [3.63, 3.8) is 0 Å². The van der Waals surface area contributed by atoms with E-state index in [1.165, 1.54) is 23.5 Å². The summed E-state index contributed by atoms with van der Waals surface area (Å²) >= 11 is 4.42. The summed E-state index contributed by atoms with van der Waals surface area (Å²) in [5.41, 5.74) is 1.84. The molecule has 2 rings (SSSR count). The van der Waals surface area contributed by atoms with Gasteiger partial charge >= 0.3 is 6.61 Å². The van der Waals surface area contributed by atoms with Gasteiger partial charge in [0, 0.05) is 5.56 Å². The van der Waals surface area contributed by atoms with E-state index < -0.39 is 12.7 Å². The summed E-state index contributed by atoms with van der Waals surface area (Å²) in [5.74, 6) is -0.0414. The Morgan fingerprint density at radius 3 is 2.67 bits per heavy atom. The molecule has 0 bridgehead atoms. The lowest BCUT2D eigenvalue weighted by atomic mass is 10.1. The number of halogens is 3. The molecule has 0 amide bonds. The molecule has 18 heavy (non-hydrogen) atoms. The number of alkyl halides is 2. The molecular weight excluding hydrogens is 328 g/mol. The smallest absolute Gasteiger partial charge is 0.387 e. The van der Waals surface area contributed by atoms with Gasteiger partial charge in [-0.1, -0.05) is 18.2 Å². The molecule has 1 aromatic heterocycles. The third-order valence-corrected chi connectivity index (χ3v) is 4.00. The van der Waals surface area contributed by atoms with E-state index in [1.807, 2.05) is 0 Å². The van der Waals surface area contributed by atoms with Gasteiger partial charge < -0.3 is 9.84 Å². The molecule has 3 nitrogen and oxygen atoms in total. The van der Waals surface area contributed by atoms with Crippen LogP contribution in [0.5, 0.6) is 5.75 Å². The first-order valence-electron chi connectivity index (χ1n) is 4.90. The minimum Gasteiger partial charge on any atom is -0.434 e. The number of para-hydroxylation sites is 1. The average molecular weight is 336 g/mol. The van der Waals surface area contributed by atoms with E-state index in [1.54, 1.807) is 17.6 Å². The first-order valence-corrected chi connectivity index (χ1v) is 6.57. The van der Waals surface area contributed by atoms with Crippen LogP contribution in [0.1, 0.15) is 16.5 Å². The van der Waals surface area contributed by atoms with Crippen LogP contribution in [-0.2, 0) is 0 Å². The predicted molar refractivity (Wildman–Crippen MR) is 66.9 cm³/mol. The molecule has 1 N–H and O–H groups in total. The molecule has 0 saturated heterocycles. The van der Waals surface area contributed by atoms with Crippen LogP contribution in [0.4, 0.5) is 8.78 Å². The number of benzene rings is 1. The number of thiazole rings is 1. The molecule has 7 heteroatoms. The Morgan fingerprint density at radius 2 is 2.06 bits per heavy atom. The Balaban J connectivity index is 2.36. The first kappa shape index (κ1) is 13.4. The molecule has 0 aliphatic carbocycles. The Bertz CT molecular complexity index is 535. The SMILES string of the molecule is OC(c1ccccc1OC(F)F)c1scnc1Br. The van der Waals surface area contributed by atoms with Gasteiger partial charge in [-0.2, -0.15) is 8.78 Å². The lowest BCUT2D eigenvalue weighted by Gasteiger charge is -2.14. The maximum atomic E-state index is 12.3. The van der Waals surface area contributed by atoms with Crippen molar-refractivity contribution in [1.29, 1.82) is 0 Å². The third-order valence-electron chi connectivity index (χ3n) is 2.23. The fraction of sp³-hybridized carbons (Fsp3) is 0.182. The topological polar surface area (TPSA) is 42.4 Å². The van der Waals surface area contributed by atoms with Crippen molar-refractivity contribution < 1.29 is 18.6 Å². The number of aliphatic hydroxyl groups is 1. The van der Waals surface area contributed by atoms with Gasteiger partial charge in [0.2, 0.25) is 0 Å². The van der Waals surface area contributed by atoms with Crippen LogP contribution in [0.25, 0.3) is 0 Å². The highest BCUT2D eigenvalue weighted by atomic mass is 79.9. The third kappa shape index (κ3) is 2.85. The number of nitrogens with zero attached hydrogens (tertiary/aromatic N) is 1. The molecule has 0 radical (unpaired) electrons. The van der Waals surface area contributed by atoms with Crippen molar-refractivity contribution in [3.05, 3.63) is 44.8 Å². The second-order valence-corrected chi connectivity index (χ2v) is 4.96. The van der Waals surface area contributed by atoms with Crippen LogP contribution in [0.3, 0.4) is 0 Å². The van der Waals surface area contributed by atoms with Crippen LogP contribution >= 0.6 is 27.3 Å². The molecule has 2 aromatic rings. The molecule has 0 saturated carbocycles. The van der Waals surface area contributed by atoms with Crippen molar-refractivity contribution in [2.45, 2.75) is 12.7 Å². The summed E-state index contributed by atoms with van der Waals surface area (Å²) in [7, 11) is 0. The second-order valence-electron chi connectivity index (χ2n) is 3.33. The number of aliphatic hydroxyl groups excluding tert-OH is 1. The largest absolute Gasteiger partial charge is 0.434 e. The van der Waals surface area contributed by atoms with Gasteiger partial charge in [0.05, 0.1) is 10.4 Å². The molecule has 1 unspecified atom stereocenters. The van der Waals surface area contributed by atoms with Gasteiger partial charge in [0.15, 0.2) is 0 Å². The zero-order chi connectivity index (χ0) is 13.1. The van der Waals surface area contributed by atoms with Crippen LogP contribution in [0, 0.1) is 0 Å². The van der Waals surface area contributed by atoms with Gasteiger partial charge in [-0.15, -0.1) is 11.3 Å². The van der Waals surface area contributed by atoms with Gasteiger partial charge in [0.25, 0.3) is 0 Å². The second kappa shape index (κ2) is 5.73. The molecule has 96 valence electrons. The van der Waals surface area contributed by atoms with Crippen molar-refractivity contribution in [2.75, 3.05) is 0 Å². The van der Waals surface area contributed by atoms with E-state index in [0.29, 0.717) is 9.48 Å². The van der Waals surface area contributed by atoms with Gasteiger partial charge in [-0.05, 0) is 22.0 Å². The summed E-state index contributed by atoms with van der Waals surface area (Å²) in [5, 5.41) is 10.2. The monoisotopic (exact) mass is 335 g/mol. The maximum Gasteiger partial charge on any atom is 0.387 e. The highest BCUT2D eigenvalue weighted by Gasteiger charge is 2.21. The number of ether oxygens (including phenoxy) is 1. The van der Waals surface area contributed by atoms with Gasteiger partial charge in [0.1, 0.15) is 16.5 Å². The van der Waals surface area contributed by atoms with Gasteiger partial charge in [-0.3, -0.25) is 0 Å². The highest BCUT2D eigenvalue weighted by Crippen LogP contribution is 2.35. The number of rotatable bonds is 4. The number of aromatic nitrogens is 1. The zero-order valence-corrected chi connectivity index (χ0v) is 11.3. The standard InChI is InChI=1S/C11H8BrF2NO2S/c12-10-9(18-5-15-10)8(16)6-3-1-2-4-7(6)17-11(13)14/h1-5,8,11,16H. The van der Waals surface area contributed by atoms with Crippen LogP contribution in [-0.4, -0.2) is 16.7 Å². The van der Waals surface area contributed by atoms with Crippen molar-refractivity contribution in [3.8, 4) is 5.75 Å². The molecular formula is C11H8BrF2NO2S. The highest BCUT2D eigenvalue weighted by molar-refractivity contribution is 9.10. The summed E-state index contributed by atoms with van der Waals surface area (Å²) in [6.45, 7) is -2.93. The Morgan fingerprint density at radius 1 is 1.33 bits per heavy atom. The van der Waals surface area contributed by atoms with Crippen molar-refractivity contribution >= 4 is 27.3 Å². The molecule has 0 fully saturated rings. The Labute approximate surface area is 114 Å². The molecule has 1 heterocycles. The number of hydrogen-bond acceptors (Lipinski definition) is 4. The van der Waals surface area contributed by atoms with E-state index in [0.717, 1.165) is 0 Å². The maximum absolute atomic E-state index is 12.3. The first-order chi connectivity index (χ1) is 8.59. The Kier molecular flexibility index (Phi) is 4.26. The number of hydrogen-bond donors (Lipinski definition) is 1. The summed E-state index contributed by atoms with van der Waals surface area (Å²) in [6, 6.07) is 6.13. The molecule has 1 atom stereocenters. The summed E-state index contributed by atoms with van der Waals surface area (Å²) in [6.07, 6.45) is -1.05. The minimum atomic E-state index is -2.93. The van der Waals surface area contributed by atoms with E-state index in [2.05, 4.69) is 25.7 Å². The van der Waals surface area contributed by atoms with Crippen molar-refractivity contribution in [1.82, 2.24) is 4.98 Å². The van der Waals surface area contributed by atoms with Crippen molar-refractivity contribution in [2.24, 2.45) is 0 Å². The quantitative estimate of drug-likeness (QED) is 0.928. The van der Waals surface area contributed by atoms with Crippen LogP contribution in [0.15, 0.2) is 34.4 Å². The Hall–Kier alpha value is -1.05. The van der Waals surface area contributed by atoms with E-state index in [-0.39, 0.29) is 11.3 Å². The fourth-order valence-corrected chi connectivity index (χ4v) is 2.88. The van der Waals surface area contributed by atoms with Crippen LogP contribution < -0.4 is 4.74 Å². The normalized spacial score (nSPS) is 12.7. The fourth-order valence-electron chi connectivity index (χ4n) is 1.47. The predicted octanol–water partition coefficient (Wildman–Crippen LogP) is 3.59. The lowest BCUT2D eigenvalue weighted by Crippen LogP contribution is -2.07. The summed E-state index contributed by atoms with van der Waals surface area (Å²) < 4.78 is 29.4. The molecule has 0 aliphatic heterocycles. The van der Waals surface area contributed by atoms with E-state index in [9.17, 15) is 13.9 Å². The van der Waals surface area contributed by atoms with Crippen LogP contribution in [0.2, 0.25) is 0 Å².